The summed E-state index contributed by atoms with van der Waals surface area (Å²) < 4.78 is 0. The summed E-state index contributed by atoms with van der Waals surface area (Å²) >= 11 is 0. The lowest BCUT2D eigenvalue weighted by atomic mass is 9.64. The Bertz CT molecular complexity index is 1080. The summed E-state index contributed by atoms with van der Waals surface area (Å²) in [6, 6.07) is 11.8. The van der Waals surface area contributed by atoms with Crippen molar-refractivity contribution < 1.29 is 0 Å². The fraction of sp³-hybridized carbons (Fsp3) is 0.633. The fourth-order valence-electron chi connectivity index (χ4n) is 6.93. The third kappa shape index (κ3) is 6.42. The van der Waals surface area contributed by atoms with Gasteiger partial charge < -0.3 is 21.7 Å². The summed E-state index contributed by atoms with van der Waals surface area (Å²) in [6.07, 6.45) is 12.8. The molecule has 2 unspecified atom stereocenters. The zero-order valence-electron chi connectivity index (χ0n) is 22.5. The van der Waals surface area contributed by atoms with Gasteiger partial charge in [-0.05, 0) is 94.1 Å². The van der Waals surface area contributed by atoms with Crippen molar-refractivity contribution in [3.05, 3.63) is 47.2 Å². The molecule has 5 N–H and O–H groups in total. The number of nitrogens with two attached hydrogens (primary N) is 1. The smallest absolute Gasteiger partial charge is 0.224 e. The summed E-state index contributed by atoms with van der Waals surface area (Å²) in [6.45, 7) is 5.82. The maximum atomic E-state index is 9.64. The normalized spacial score (nSPS) is 31.4. The second-order valence-corrected chi connectivity index (χ2v) is 12.1. The number of rotatable bonds is 8. The highest BCUT2D eigenvalue weighted by molar-refractivity contribution is 5.53. The molecule has 0 radical (unpaired) electrons. The Balaban J connectivity index is 1.17. The standard InChI is InChI=1S/C30H43N7/c1-20-6-3-4-7-24(20)18-34-29-35-19-25(16-31)28(37-29)33-17-21-14-22-8-5-9-23(15-21)27(22)36-26-10-12-30(2,32)13-11-26/h3-4,6-7,19,21-23,26-27,36H,5,8-15,17-18,32H2,1-2H3,(H2,33,34,35,37)/t21?,22-,23+,26?,27?,30?. The van der Waals surface area contributed by atoms with Crippen LogP contribution in [0.15, 0.2) is 30.5 Å². The van der Waals surface area contributed by atoms with Gasteiger partial charge in [0.05, 0.1) is 6.20 Å². The van der Waals surface area contributed by atoms with E-state index in [0.717, 1.165) is 31.2 Å². The monoisotopic (exact) mass is 501 g/mol. The van der Waals surface area contributed by atoms with Gasteiger partial charge in [0, 0.05) is 30.7 Å². The molecule has 2 aromatic rings. The number of nitrogens with one attached hydrogen (secondary N) is 3. The van der Waals surface area contributed by atoms with Gasteiger partial charge in [-0.3, -0.25) is 0 Å². The van der Waals surface area contributed by atoms with Crippen molar-refractivity contribution in [1.29, 1.82) is 5.26 Å². The molecule has 3 fully saturated rings. The third-order valence-corrected chi connectivity index (χ3v) is 9.16. The van der Waals surface area contributed by atoms with E-state index in [1.54, 1.807) is 6.20 Å². The summed E-state index contributed by atoms with van der Waals surface area (Å²) in [5.74, 6) is 3.30. The van der Waals surface area contributed by atoms with Crippen molar-refractivity contribution in [3.63, 3.8) is 0 Å². The van der Waals surface area contributed by atoms with E-state index in [2.05, 4.69) is 58.0 Å². The zero-order chi connectivity index (χ0) is 25.8. The number of hydrogen-bond donors (Lipinski definition) is 4. The molecule has 7 heteroatoms. The van der Waals surface area contributed by atoms with Gasteiger partial charge in [-0.1, -0.05) is 30.7 Å². The van der Waals surface area contributed by atoms with Gasteiger partial charge in [0.1, 0.15) is 17.5 Å². The minimum Gasteiger partial charge on any atom is -0.369 e. The first-order valence-corrected chi connectivity index (χ1v) is 14.2. The summed E-state index contributed by atoms with van der Waals surface area (Å²) in [4.78, 5) is 9.04. The Hall–Kier alpha value is -2.69. The van der Waals surface area contributed by atoms with Crippen molar-refractivity contribution >= 4 is 11.8 Å². The number of benzene rings is 1. The number of hydrogen-bond acceptors (Lipinski definition) is 7. The van der Waals surface area contributed by atoms with Crippen molar-refractivity contribution in [1.82, 2.24) is 15.3 Å². The largest absolute Gasteiger partial charge is 0.369 e. The van der Waals surface area contributed by atoms with Crippen molar-refractivity contribution in [2.75, 3.05) is 17.2 Å². The first-order chi connectivity index (χ1) is 17.9. The molecular weight excluding hydrogens is 458 g/mol. The van der Waals surface area contributed by atoms with Crippen LogP contribution >= 0.6 is 0 Å². The van der Waals surface area contributed by atoms with E-state index >= 15 is 0 Å². The van der Waals surface area contributed by atoms with Crippen LogP contribution in [0.3, 0.4) is 0 Å². The van der Waals surface area contributed by atoms with E-state index in [4.69, 9.17) is 5.73 Å². The summed E-state index contributed by atoms with van der Waals surface area (Å²) in [5.41, 5.74) is 9.35. The highest BCUT2D eigenvalue weighted by Gasteiger charge is 2.41. The Labute approximate surface area is 222 Å². The molecule has 0 spiro atoms. The second-order valence-electron chi connectivity index (χ2n) is 12.1. The highest BCUT2D eigenvalue weighted by Crippen LogP contribution is 2.43. The predicted octanol–water partition coefficient (Wildman–Crippen LogP) is 5.13. The molecular formula is C30H43N7. The molecule has 3 aliphatic rings. The SMILES string of the molecule is Cc1ccccc1CNc1ncc(C#N)c(NCC2C[C@H]3CCC[C@@H](C2)C3NC2CCC(C)(N)CC2)n1. The molecule has 198 valence electrons. The van der Waals surface area contributed by atoms with Gasteiger partial charge in [0.15, 0.2) is 0 Å². The van der Waals surface area contributed by atoms with Crippen LogP contribution < -0.4 is 21.7 Å². The quantitative estimate of drug-likeness (QED) is 0.397. The molecule has 3 saturated carbocycles. The number of aryl methyl sites for hydroxylation is 1. The molecule has 5 rings (SSSR count). The van der Waals surface area contributed by atoms with E-state index in [0.29, 0.717) is 41.9 Å². The van der Waals surface area contributed by atoms with Gasteiger partial charge in [-0.25, -0.2) is 4.98 Å². The molecule has 1 aromatic carbocycles. The molecule has 0 saturated heterocycles. The summed E-state index contributed by atoms with van der Waals surface area (Å²) in [7, 11) is 0. The molecule has 1 aromatic heterocycles. The predicted molar refractivity (Wildman–Crippen MR) is 149 cm³/mol. The van der Waals surface area contributed by atoms with Crippen LogP contribution in [0.5, 0.6) is 0 Å². The fourth-order valence-corrected chi connectivity index (χ4v) is 6.93. The lowest BCUT2D eigenvalue weighted by Crippen LogP contribution is -2.55. The van der Waals surface area contributed by atoms with E-state index in [-0.39, 0.29) is 5.54 Å². The maximum absolute atomic E-state index is 9.64. The van der Waals surface area contributed by atoms with Crippen molar-refractivity contribution in [2.24, 2.45) is 23.5 Å². The van der Waals surface area contributed by atoms with E-state index in [1.807, 2.05) is 12.1 Å². The first kappa shape index (κ1) is 25.9. The van der Waals surface area contributed by atoms with Crippen molar-refractivity contribution in [3.8, 4) is 6.07 Å². The molecule has 3 aliphatic carbocycles. The molecule has 2 bridgehead atoms. The van der Waals surface area contributed by atoms with Gasteiger partial charge in [0.25, 0.3) is 0 Å². The second kappa shape index (κ2) is 11.4. The number of aromatic nitrogens is 2. The van der Waals surface area contributed by atoms with Crippen LogP contribution in [0.25, 0.3) is 0 Å². The lowest BCUT2D eigenvalue weighted by molar-refractivity contribution is 0.0727. The van der Waals surface area contributed by atoms with Crippen LogP contribution in [0.2, 0.25) is 0 Å². The molecule has 4 atom stereocenters. The number of fused-ring (bicyclic) bond motifs is 2. The Morgan fingerprint density at radius 3 is 2.51 bits per heavy atom. The molecule has 0 amide bonds. The summed E-state index contributed by atoms with van der Waals surface area (Å²) in [5, 5.41) is 20.6. The van der Waals surface area contributed by atoms with Gasteiger partial charge in [-0.15, -0.1) is 0 Å². The lowest BCUT2D eigenvalue weighted by Gasteiger charge is -2.48. The van der Waals surface area contributed by atoms with E-state index < -0.39 is 0 Å². The third-order valence-electron chi connectivity index (χ3n) is 9.16. The number of anilines is 2. The van der Waals surface area contributed by atoms with Gasteiger partial charge >= 0.3 is 0 Å². The van der Waals surface area contributed by atoms with Crippen LogP contribution in [0, 0.1) is 36.0 Å². The molecule has 37 heavy (non-hydrogen) atoms. The van der Waals surface area contributed by atoms with E-state index in [1.165, 1.54) is 56.1 Å². The van der Waals surface area contributed by atoms with Crippen LogP contribution in [-0.4, -0.2) is 34.1 Å². The zero-order valence-corrected chi connectivity index (χ0v) is 22.5. The molecule has 1 heterocycles. The van der Waals surface area contributed by atoms with Crippen LogP contribution in [0.1, 0.15) is 81.4 Å². The highest BCUT2D eigenvalue weighted by atomic mass is 15.1. The minimum absolute atomic E-state index is 0.0243. The number of nitriles is 1. The van der Waals surface area contributed by atoms with Crippen LogP contribution in [-0.2, 0) is 6.54 Å². The van der Waals surface area contributed by atoms with Gasteiger partial charge in [0.2, 0.25) is 5.95 Å². The average molecular weight is 502 g/mol. The van der Waals surface area contributed by atoms with Crippen molar-refractivity contribution in [2.45, 2.75) is 95.8 Å². The van der Waals surface area contributed by atoms with Crippen LogP contribution in [0.4, 0.5) is 11.8 Å². The molecule has 7 nitrogen and oxygen atoms in total. The average Bonchev–Trinajstić information content (AvgIpc) is 2.88. The Morgan fingerprint density at radius 2 is 1.81 bits per heavy atom. The molecule has 0 aliphatic heterocycles. The Kier molecular flexibility index (Phi) is 7.97. The van der Waals surface area contributed by atoms with E-state index in [9.17, 15) is 5.26 Å². The first-order valence-electron chi connectivity index (χ1n) is 14.2. The van der Waals surface area contributed by atoms with Gasteiger partial charge in [-0.2, -0.15) is 10.2 Å². The Morgan fingerprint density at radius 1 is 1.08 bits per heavy atom. The minimum atomic E-state index is 0.0243. The maximum Gasteiger partial charge on any atom is 0.224 e. The topological polar surface area (TPSA) is 112 Å². The number of nitrogens with zero attached hydrogens (tertiary/aromatic N) is 3.